The molecule has 1 fully saturated rings. The number of benzene rings is 1. The Balaban J connectivity index is 2.12. The molecule has 1 saturated carbocycles. The van der Waals surface area contributed by atoms with Gasteiger partial charge >= 0.3 is 0 Å². The molecule has 5 nitrogen and oxygen atoms in total. The Morgan fingerprint density at radius 3 is 2.61 bits per heavy atom. The molecule has 1 aliphatic carbocycles. The summed E-state index contributed by atoms with van der Waals surface area (Å²) in [5.74, 6) is -0.501. The Labute approximate surface area is 104 Å². The number of aliphatic hydroxyl groups is 1. The average Bonchev–Trinajstić information content (AvgIpc) is 2.32. The molecule has 18 heavy (non-hydrogen) atoms. The van der Waals surface area contributed by atoms with Crippen molar-refractivity contribution in [3.63, 3.8) is 0 Å². The Morgan fingerprint density at radius 2 is 2.00 bits per heavy atom. The van der Waals surface area contributed by atoms with E-state index in [4.69, 9.17) is 0 Å². The van der Waals surface area contributed by atoms with Gasteiger partial charge in [0.2, 0.25) is 0 Å². The van der Waals surface area contributed by atoms with Crippen LogP contribution in [0.2, 0.25) is 0 Å². The number of nitro benzene ring substituents is 1. The minimum absolute atomic E-state index is 0.0499. The first-order valence-electron chi connectivity index (χ1n) is 5.95. The number of rotatable bonds is 3. The highest BCUT2D eigenvalue weighted by atomic mass is 19.1. The fourth-order valence-electron chi connectivity index (χ4n) is 2.22. The van der Waals surface area contributed by atoms with Gasteiger partial charge in [-0.3, -0.25) is 10.1 Å². The van der Waals surface area contributed by atoms with Gasteiger partial charge in [-0.1, -0.05) is 0 Å². The number of nitrogens with one attached hydrogen (secondary N) is 1. The second-order valence-corrected chi connectivity index (χ2v) is 4.57. The molecule has 6 heteroatoms. The number of hydrogen-bond acceptors (Lipinski definition) is 4. The van der Waals surface area contributed by atoms with Crippen LogP contribution < -0.4 is 5.32 Å². The largest absolute Gasteiger partial charge is 0.393 e. The monoisotopic (exact) mass is 254 g/mol. The van der Waals surface area contributed by atoms with E-state index in [1.807, 2.05) is 0 Å². The molecule has 0 radical (unpaired) electrons. The van der Waals surface area contributed by atoms with Crippen molar-refractivity contribution in [3.05, 3.63) is 34.1 Å². The van der Waals surface area contributed by atoms with Crippen molar-refractivity contribution in [2.24, 2.45) is 0 Å². The molecule has 0 amide bonds. The van der Waals surface area contributed by atoms with Gasteiger partial charge < -0.3 is 10.4 Å². The van der Waals surface area contributed by atoms with Gasteiger partial charge in [-0.05, 0) is 31.7 Å². The first-order valence-corrected chi connectivity index (χ1v) is 5.95. The quantitative estimate of drug-likeness (QED) is 0.641. The summed E-state index contributed by atoms with van der Waals surface area (Å²) in [5, 5.41) is 23.2. The lowest BCUT2D eigenvalue weighted by Gasteiger charge is -2.26. The van der Waals surface area contributed by atoms with Gasteiger partial charge in [0, 0.05) is 18.2 Å². The van der Waals surface area contributed by atoms with Crippen LogP contribution in [0.3, 0.4) is 0 Å². The zero-order chi connectivity index (χ0) is 13.1. The van der Waals surface area contributed by atoms with E-state index in [1.165, 1.54) is 0 Å². The second kappa shape index (κ2) is 5.30. The van der Waals surface area contributed by atoms with Gasteiger partial charge in [0.15, 0.2) is 0 Å². The lowest BCUT2D eigenvalue weighted by Crippen LogP contribution is -2.28. The summed E-state index contributed by atoms with van der Waals surface area (Å²) in [6.07, 6.45) is 2.51. The van der Waals surface area contributed by atoms with Crippen molar-refractivity contribution < 1.29 is 14.4 Å². The number of hydrogen-bond donors (Lipinski definition) is 2. The molecule has 1 aromatic carbocycles. The van der Waals surface area contributed by atoms with Gasteiger partial charge in [-0.25, -0.2) is 4.39 Å². The van der Waals surface area contributed by atoms with Crippen LogP contribution >= 0.6 is 0 Å². The Bertz CT molecular complexity index is 445. The van der Waals surface area contributed by atoms with Crippen LogP contribution in [-0.4, -0.2) is 22.2 Å². The fraction of sp³-hybridized carbons (Fsp3) is 0.500. The molecule has 0 aliphatic heterocycles. The number of nitrogens with zero attached hydrogens (tertiary/aromatic N) is 1. The second-order valence-electron chi connectivity index (χ2n) is 4.57. The normalized spacial score (nSPS) is 23.7. The van der Waals surface area contributed by atoms with Crippen LogP contribution in [-0.2, 0) is 0 Å². The van der Waals surface area contributed by atoms with Crippen molar-refractivity contribution in [2.75, 3.05) is 5.32 Å². The first-order chi connectivity index (χ1) is 8.56. The van der Waals surface area contributed by atoms with Gasteiger partial charge in [0.1, 0.15) is 11.5 Å². The number of anilines is 1. The Hall–Kier alpha value is -1.69. The van der Waals surface area contributed by atoms with Gasteiger partial charge in [-0.2, -0.15) is 0 Å². The van der Waals surface area contributed by atoms with Gasteiger partial charge in [-0.15, -0.1) is 0 Å². The lowest BCUT2D eigenvalue weighted by molar-refractivity contribution is -0.384. The molecule has 0 atom stereocenters. The predicted octanol–water partition coefficient (Wildman–Crippen LogP) is 2.45. The summed E-state index contributed by atoms with van der Waals surface area (Å²) in [6.45, 7) is 0. The van der Waals surface area contributed by atoms with E-state index >= 15 is 0 Å². The SMILES string of the molecule is O=[N+]([O-])c1ccc(F)cc1NC1CCC(O)CC1. The third kappa shape index (κ3) is 2.95. The van der Waals surface area contributed by atoms with E-state index in [0.717, 1.165) is 31.0 Å². The summed E-state index contributed by atoms with van der Waals surface area (Å²) in [6, 6.07) is 3.43. The van der Waals surface area contributed by atoms with E-state index < -0.39 is 10.7 Å². The number of nitro groups is 1. The summed E-state index contributed by atoms with van der Waals surface area (Å²) in [5.41, 5.74) is 0.0870. The molecular weight excluding hydrogens is 239 g/mol. The van der Waals surface area contributed by atoms with Crippen LogP contribution in [0.25, 0.3) is 0 Å². The van der Waals surface area contributed by atoms with E-state index in [0.29, 0.717) is 12.8 Å². The number of halogens is 1. The van der Waals surface area contributed by atoms with Crippen molar-refractivity contribution >= 4 is 11.4 Å². The van der Waals surface area contributed by atoms with Crippen LogP contribution in [0.4, 0.5) is 15.8 Å². The molecule has 0 saturated heterocycles. The highest BCUT2D eigenvalue weighted by molar-refractivity contribution is 5.61. The molecule has 0 aromatic heterocycles. The van der Waals surface area contributed by atoms with Crippen LogP contribution in [0.5, 0.6) is 0 Å². The molecule has 1 aromatic rings. The van der Waals surface area contributed by atoms with E-state index in [9.17, 15) is 19.6 Å². The summed E-state index contributed by atoms with van der Waals surface area (Å²) < 4.78 is 13.1. The average molecular weight is 254 g/mol. The molecule has 1 aliphatic rings. The van der Waals surface area contributed by atoms with Crippen LogP contribution in [0.15, 0.2) is 18.2 Å². The standard InChI is InChI=1S/C12H15FN2O3/c13-8-1-6-12(15(17)18)11(7-8)14-9-2-4-10(16)5-3-9/h1,6-7,9-10,14,16H,2-5H2. The molecule has 98 valence electrons. The maximum absolute atomic E-state index is 13.1. The first kappa shape index (κ1) is 12.8. The molecule has 0 bridgehead atoms. The minimum Gasteiger partial charge on any atom is -0.393 e. The highest BCUT2D eigenvalue weighted by Gasteiger charge is 2.22. The topological polar surface area (TPSA) is 75.4 Å². The summed E-state index contributed by atoms with van der Waals surface area (Å²) >= 11 is 0. The molecule has 0 heterocycles. The molecular formula is C12H15FN2O3. The van der Waals surface area contributed by atoms with Gasteiger partial charge in [0.05, 0.1) is 11.0 Å². The van der Waals surface area contributed by atoms with Crippen molar-refractivity contribution in [1.82, 2.24) is 0 Å². The highest BCUT2D eigenvalue weighted by Crippen LogP contribution is 2.29. The van der Waals surface area contributed by atoms with E-state index in [-0.39, 0.29) is 23.5 Å². The Morgan fingerprint density at radius 1 is 1.33 bits per heavy atom. The van der Waals surface area contributed by atoms with E-state index in [1.54, 1.807) is 0 Å². The molecule has 2 rings (SSSR count). The molecule has 0 spiro atoms. The number of aliphatic hydroxyl groups excluding tert-OH is 1. The molecule has 2 N–H and O–H groups in total. The third-order valence-corrected chi connectivity index (χ3v) is 3.21. The summed E-state index contributed by atoms with van der Waals surface area (Å²) in [4.78, 5) is 10.3. The van der Waals surface area contributed by atoms with Crippen molar-refractivity contribution in [3.8, 4) is 0 Å². The van der Waals surface area contributed by atoms with E-state index in [2.05, 4.69) is 5.32 Å². The zero-order valence-corrected chi connectivity index (χ0v) is 9.80. The Kier molecular flexibility index (Phi) is 3.76. The zero-order valence-electron chi connectivity index (χ0n) is 9.80. The van der Waals surface area contributed by atoms with Crippen LogP contribution in [0.1, 0.15) is 25.7 Å². The summed E-state index contributed by atoms with van der Waals surface area (Å²) in [7, 11) is 0. The smallest absolute Gasteiger partial charge is 0.292 e. The van der Waals surface area contributed by atoms with Crippen LogP contribution in [0, 0.1) is 15.9 Å². The third-order valence-electron chi connectivity index (χ3n) is 3.21. The van der Waals surface area contributed by atoms with Crippen molar-refractivity contribution in [2.45, 2.75) is 37.8 Å². The molecule has 0 unspecified atom stereocenters. The maximum Gasteiger partial charge on any atom is 0.292 e. The fourth-order valence-corrected chi connectivity index (χ4v) is 2.22. The van der Waals surface area contributed by atoms with Crippen molar-refractivity contribution in [1.29, 1.82) is 0 Å². The minimum atomic E-state index is -0.528. The lowest BCUT2D eigenvalue weighted by atomic mass is 9.93. The predicted molar refractivity (Wildman–Crippen MR) is 64.9 cm³/mol. The van der Waals surface area contributed by atoms with Gasteiger partial charge in [0.25, 0.3) is 5.69 Å². The maximum atomic E-state index is 13.1.